The van der Waals surface area contributed by atoms with Gasteiger partial charge in [-0.15, -0.1) is 0 Å². The Labute approximate surface area is 128 Å². The van der Waals surface area contributed by atoms with Crippen molar-refractivity contribution in [3.05, 3.63) is 0 Å². The molecular weight excluding hydrogens is 266 g/mol. The van der Waals surface area contributed by atoms with E-state index in [4.69, 9.17) is 4.74 Å². The number of ether oxygens (including phenoxy) is 1. The molecule has 0 aromatic rings. The fourth-order valence-electron chi connectivity index (χ4n) is 4.15. The van der Waals surface area contributed by atoms with E-state index < -0.39 is 0 Å². The van der Waals surface area contributed by atoms with Gasteiger partial charge < -0.3 is 15.2 Å². The van der Waals surface area contributed by atoms with Crippen LogP contribution in [-0.2, 0) is 4.74 Å². The van der Waals surface area contributed by atoms with Gasteiger partial charge in [0.15, 0.2) is 0 Å². The fraction of sp³-hybridized carbons (Fsp3) is 1.00. The summed E-state index contributed by atoms with van der Waals surface area (Å²) >= 11 is 0. The first-order valence-corrected chi connectivity index (χ1v) is 8.67. The highest BCUT2D eigenvalue weighted by molar-refractivity contribution is 5.03. The van der Waals surface area contributed by atoms with E-state index in [0.29, 0.717) is 12.0 Å². The van der Waals surface area contributed by atoms with E-state index in [2.05, 4.69) is 22.0 Å². The zero-order valence-electron chi connectivity index (χ0n) is 13.4. The van der Waals surface area contributed by atoms with Crippen LogP contribution in [0.5, 0.6) is 0 Å². The second-order valence-corrected chi connectivity index (χ2v) is 6.94. The van der Waals surface area contributed by atoms with Gasteiger partial charge in [-0.25, -0.2) is 0 Å². The van der Waals surface area contributed by atoms with Gasteiger partial charge in [0.2, 0.25) is 0 Å². The Morgan fingerprint density at radius 2 is 1.95 bits per heavy atom. The van der Waals surface area contributed by atoms with Crippen molar-refractivity contribution < 1.29 is 9.84 Å². The standard InChI is InChI=1S/C16H31N3O2/c1-2-17-16(13-20,14-3-4-14)12-18-6-5-15(11-18)19-7-9-21-10-8-19/h14-15,17,20H,2-13H2,1H3. The van der Waals surface area contributed by atoms with Crippen LogP contribution in [0.25, 0.3) is 0 Å². The average Bonchev–Trinajstić information content (AvgIpc) is 3.28. The molecule has 1 saturated carbocycles. The lowest BCUT2D eigenvalue weighted by Crippen LogP contribution is -2.58. The van der Waals surface area contributed by atoms with E-state index in [0.717, 1.165) is 45.9 Å². The molecule has 2 heterocycles. The monoisotopic (exact) mass is 297 g/mol. The topological polar surface area (TPSA) is 48.0 Å². The number of rotatable bonds is 7. The predicted molar refractivity (Wildman–Crippen MR) is 83.5 cm³/mol. The molecule has 0 radical (unpaired) electrons. The first kappa shape index (κ1) is 15.7. The minimum absolute atomic E-state index is 0.0609. The van der Waals surface area contributed by atoms with Crippen LogP contribution < -0.4 is 5.32 Å². The summed E-state index contributed by atoms with van der Waals surface area (Å²) in [6.07, 6.45) is 3.81. The molecular formula is C16H31N3O2. The number of likely N-dealkylation sites (N-methyl/N-ethyl adjacent to an activating group) is 1. The summed E-state index contributed by atoms with van der Waals surface area (Å²) in [6, 6.07) is 0.686. The van der Waals surface area contributed by atoms with E-state index in [9.17, 15) is 5.11 Å². The van der Waals surface area contributed by atoms with Gasteiger partial charge in [-0.2, -0.15) is 0 Å². The number of hydrogen-bond donors (Lipinski definition) is 2. The van der Waals surface area contributed by atoms with Gasteiger partial charge in [0.25, 0.3) is 0 Å². The van der Waals surface area contributed by atoms with Crippen LogP contribution in [0.3, 0.4) is 0 Å². The predicted octanol–water partition coefficient (Wildman–Crippen LogP) is 0.144. The maximum absolute atomic E-state index is 9.98. The zero-order valence-corrected chi connectivity index (χ0v) is 13.4. The fourth-order valence-corrected chi connectivity index (χ4v) is 4.15. The normalized spacial score (nSPS) is 31.4. The highest BCUT2D eigenvalue weighted by Gasteiger charge is 2.46. The Kier molecular flexibility index (Phi) is 5.17. The number of likely N-dealkylation sites (tertiary alicyclic amines) is 1. The molecule has 2 saturated heterocycles. The van der Waals surface area contributed by atoms with Crippen LogP contribution in [0.15, 0.2) is 0 Å². The maximum atomic E-state index is 9.98. The number of morpholine rings is 1. The number of nitrogens with one attached hydrogen (secondary N) is 1. The molecule has 3 aliphatic rings. The SMILES string of the molecule is CCNC(CO)(CN1CCC(N2CCOCC2)C1)C1CC1. The van der Waals surface area contributed by atoms with Crippen molar-refractivity contribution in [2.75, 3.05) is 59.1 Å². The summed E-state index contributed by atoms with van der Waals surface area (Å²) < 4.78 is 5.46. The van der Waals surface area contributed by atoms with Gasteiger partial charge in [0.05, 0.1) is 25.4 Å². The Morgan fingerprint density at radius 1 is 1.19 bits per heavy atom. The summed E-state index contributed by atoms with van der Waals surface area (Å²) in [6.45, 7) is 10.6. The second kappa shape index (κ2) is 6.92. The molecule has 0 aromatic heterocycles. The molecule has 5 nitrogen and oxygen atoms in total. The molecule has 0 bridgehead atoms. The summed E-state index contributed by atoms with van der Waals surface area (Å²) in [4.78, 5) is 5.16. The van der Waals surface area contributed by atoms with Crippen molar-refractivity contribution in [3.63, 3.8) is 0 Å². The first-order valence-electron chi connectivity index (χ1n) is 8.67. The second-order valence-electron chi connectivity index (χ2n) is 6.94. The van der Waals surface area contributed by atoms with Gasteiger partial charge in [-0.1, -0.05) is 6.92 Å². The van der Waals surface area contributed by atoms with E-state index in [-0.39, 0.29) is 12.1 Å². The number of nitrogens with zero attached hydrogens (tertiary/aromatic N) is 2. The quantitative estimate of drug-likeness (QED) is 0.700. The molecule has 0 aromatic carbocycles. The Hall–Kier alpha value is -0.200. The lowest BCUT2D eigenvalue weighted by Gasteiger charge is -2.37. The summed E-state index contributed by atoms with van der Waals surface area (Å²) in [7, 11) is 0. The minimum Gasteiger partial charge on any atom is -0.394 e. The molecule has 0 amide bonds. The molecule has 3 fully saturated rings. The lowest BCUT2D eigenvalue weighted by atomic mass is 9.93. The molecule has 5 heteroatoms. The third-order valence-electron chi connectivity index (χ3n) is 5.49. The maximum Gasteiger partial charge on any atom is 0.0628 e. The molecule has 2 N–H and O–H groups in total. The summed E-state index contributed by atoms with van der Waals surface area (Å²) in [5, 5.41) is 13.6. The molecule has 2 atom stereocenters. The largest absolute Gasteiger partial charge is 0.394 e. The zero-order chi connectivity index (χ0) is 14.7. The number of aliphatic hydroxyl groups is 1. The Balaban J connectivity index is 1.55. The van der Waals surface area contributed by atoms with Crippen LogP contribution in [-0.4, -0.2) is 85.6 Å². The highest BCUT2D eigenvalue weighted by Crippen LogP contribution is 2.40. The molecule has 21 heavy (non-hydrogen) atoms. The van der Waals surface area contributed by atoms with Crippen LogP contribution in [0.1, 0.15) is 26.2 Å². The van der Waals surface area contributed by atoms with Gasteiger partial charge in [0.1, 0.15) is 0 Å². The highest BCUT2D eigenvalue weighted by atomic mass is 16.5. The van der Waals surface area contributed by atoms with Gasteiger partial charge in [0, 0.05) is 32.2 Å². The molecule has 2 aliphatic heterocycles. The van der Waals surface area contributed by atoms with Crippen LogP contribution in [0, 0.1) is 5.92 Å². The molecule has 2 unspecified atom stereocenters. The first-order chi connectivity index (χ1) is 10.3. The van der Waals surface area contributed by atoms with E-state index >= 15 is 0 Å². The Morgan fingerprint density at radius 3 is 2.57 bits per heavy atom. The number of aliphatic hydroxyl groups excluding tert-OH is 1. The molecule has 122 valence electrons. The van der Waals surface area contributed by atoms with Crippen molar-refractivity contribution in [2.45, 2.75) is 37.8 Å². The van der Waals surface area contributed by atoms with Gasteiger partial charge in [-0.05, 0) is 38.3 Å². The lowest BCUT2D eigenvalue weighted by molar-refractivity contribution is 0.0171. The van der Waals surface area contributed by atoms with Crippen LogP contribution in [0.2, 0.25) is 0 Å². The molecule has 3 rings (SSSR count). The van der Waals surface area contributed by atoms with Crippen LogP contribution >= 0.6 is 0 Å². The third-order valence-corrected chi connectivity index (χ3v) is 5.49. The summed E-state index contributed by atoms with van der Waals surface area (Å²) in [5.74, 6) is 0.671. The third kappa shape index (κ3) is 3.59. The molecule has 0 spiro atoms. The number of hydrogen-bond acceptors (Lipinski definition) is 5. The van der Waals surface area contributed by atoms with Crippen molar-refractivity contribution >= 4 is 0 Å². The average molecular weight is 297 g/mol. The van der Waals surface area contributed by atoms with E-state index in [1.54, 1.807) is 0 Å². The van der Waals surface area contributed by atoms with Crippen molar-refractivity contribution in [1.29, 1.82) is 0 Å². The van der Waals surface area contributed by atoms with Crippen molar-refractivity contribution in [1.82, 2.24) is 15.1 Å². The van der Waals surface area contributed by atoms with Crippen molar-refractivity contribution in [2.24, 2.45) is 5.92 Å². The van der Waals surface area contributed by atoms with Gasteiger partial charge >= 0.3 is 0 Å². The summed E-state index contributed by atoms with van der Waals surface area (Å²) in [5.41, 5.74) is -0.0609. The smallest absolute Gasteiger partial charge is 0.0628 e. The molecule has 1 aliphatic carbocycles. The Bertz CT molecular complexity index is 331. The van der Waals surface area contributed by atoms with E-state index in [1.165, 1.54) is 25.8 Å². The van der Waals surface area contributed by atoms with Gasteiger partial charge in [-0.3, -0.25) is 9.80 Å². The van der Waals surface area contributed by atoms with E-state index in [1.807, 2.05) is 0 Å². The van der Waals surface area contributed by atoms with Crippen LogP contribution in [0.4, 0.5) is 0 Å². The minimum atomic E-state index is -0.0609. The van der Waals surface area contributed by atoms with Crippen molar-refractivity contribution in [3.8, 4) is 0 Å².